The van der Waals surface area contributed by atoms with Gasteiger partial charge in [0, 0.05) is 33.7 Å². The van der Waals surface area contributed by atoms with Gasteiger partial charge in [0.1, 0.15) is 17.4 Å². The number of thioether (sulfide) groups is 2. The lowest BCUT2D eigenvalue weighted by Gasteiger charge is -2.13. The molecule has 0 aliphatic carbocycles. The zero-order valence-corrected chi connectivity index (χ0v) is 49.5. The maximum atomic E-state index is 12.6. The van der Waals surface area contributed by atoms with E-state index in [2.05, 4.69) is 105 Å². The van der Waals surface area contributed by atoms with Crippen molar-refractivity contribution in [3.05, 3.63) is 185 Å². The fourth-order valence-corrected chi connectivity index (χ4v) is 11.1. The zero-order chi connectivity index (χ0) is 58.8. The molecular formula is C57H47BrCl4N8O9S2. The first-order chi connectivity index (χ1) is 38.5. The van der Waals surface area contributed by atoms with Gasteiger partial charge < -0.3 is 26.4 Å². The van der Waals surface area contributed by atoms with Crippen molar-refractivity contribution in [2.24, 2.45) is 0 Å². The molecule has 0 bridgehead atoms. The Bertz CT molecular complexity index is 3740. The number of nitrogens with one attached hydrogen (secondary N) is 1. The largest absolute Gasteiger partial charge is 0.478 e. The normalized spacial score (nSPS) is 10.9. The molecule has 0 aliphatic heterocycles. The van der Waals surface area contributed by atoms with E-state index in [9.17, 15) is 28.8 Å². The number of carboxylic acids is 3. The van der Waals surface area contributed by atoms with Crippen molar-refractivity contribution in [3.8, 4) is 11.4 Å². The number of carboxylic acid groups (broad SMARTS) is 3. The van der Waals surface area contributed by atoms with Crippen molar-refractivity contribution in [2.75, 3.05) is 28.4 Å². The van der Waals surface area contributed by atoms with E-state index in [1.807, 2.05) is 29.7 Å². The number of nitrogens with zero attached hydrogens (tertiary/aromatic N) is 6. The standard InChI is InChI=1S/C24H19BrClN3O3S.C24H21ClN4O3S.C9H7Cl2NO3/c1-13-3-7-18-14(2)4-8-21(19(18)9-13)29-23(25)27-28-24(29)33-12-17(30)10-15-5-6-16(22(31)32)11-20(15)26;1-13-3-7-18-14(2)4-8-21(19(18)9-13)29-23(26)27-28-24(29)33-12-17(30)10-15-5-6-16(22(31)32)11-20(15)25;10-4-8(13)12-7-2-1-5(9(14)15)3-6(7)11/h3-9,11H,10,12H2,1-2H3,(H,31,32);3-9,11H,10,12H2,1-2H3,(H2,26,27)(H,31,32);1-3H,4H2,(H,12,13)(H,14,15). The molecule has 17 nitrogen and oxygen atoms in total. The van der Waals surface area contributed by atoms with Crippen molar-refractivity contribution < 1.29 is 44.1 Å². The van der Waals surface area contributed by atoms with Gasteiger partial charge in [-0.25, -0.2) is 14.4 Å². The number of carbonyl (C=O) groups is 6. The molecule has 6 N–H and O–H groups in total. The fraction of sp³-hybridized carbons (Fsp3) is 0.158. The summed E-state index contributed by atoms with van der Waals surface area (Å²) in [5.74, 6) is -3.38. The van der Waals surface area contributed by atoms with Crippen molar-refractivity contribution in [1.29, 1.82) is 0 Å². The van der Waals surface area contributed by atoms with E-state index in [4.69, 9.17) is 67.5 Å². The lowest BCUT2D eigenvalue weighted by atomic mass is 10.0. The Morgan fingerprint density at radius 1 is 0.543 bits per heavy atom. The summed E-state index contributed by atoms with van der Waals surface area (Å²) in [6, 6.07) is 33.4. The lowest BCUT2D eigenvalue weighted by molar-refractivity contribution is -0.116. The van der Waals surface area contributed by atoms with Crippen molar-refractivity contribution in [3.63, 3.8) is 0 Å². The van der Waals surface area contributed by atoms with Crippen LogP contribution in [-0.4, -0.2) is 97.6 Å². The molecule has 7 aromatic carbocycles. The topological polar surface area (TPSA) is 263 Å². The molecule has 9 rings (SSSR count). The van der Waals surface area contributed by atoms with E-state index in [0.29, 0.717) is 31.9 Å². The molecule has 2 aromatic heterocycles. The van der Waals surface area contributed by atoms with Gasteiger partial charge in [-0.2, -0.15) is 0 Å². The third kappa shape index (κ3) is 15.4. The van der Waals surface area contributed by atoms with E-state index in [0.717, 1.165) is 49.6 Å². The fourth-order valence-electron chi connectivity index (χ4n) is 8.13. The minimum Gasteiger partial charge on any atom is -0.478 e. The van der Waals surface area contributed by atoms with E-state index in [1.54, 1.807) is 16.7 Å². The Balaban J connectivity index is 0.000000188. The van der Waals surface area contributed by atoms with Gasteiger partial charge in [0.2, 0.25) is 16.6 Å². The van der Waals surface area contributed by atoms with Crippen LogP contribution < -0.4 is 11.1 Å². The average Bonchev–Trinajstić information content (AvgIpc) is 4.02. The molecule has 0 spiro atoms. The van der Waals surface area contributed by atoms with Crippen LogP contribution in [0.25, 0.3) is 32.9 Å². The van der Waals surface area contributed by atoms with Gasteiger partial charge in [-0.15, -0.1) is 32.0 Å². The minimum atomic E-state index is -1.08. The Kier molecular flexibility index (Phi) is 20.8. The third-order valence-corrected chi connectivity index (χ3v) is 15.9. The SMILES string of the molecule is Cc1ccc2c(C)ccc(-n3c(Br)nnc3SCC(=O)Cc3ccc(C(=O)O)cc3Cl)c2c1.Cc1ccc2c(C)ccc(-n3c(N)nnc3SCC(=O)Cc3ccc(C(=O)O)cc3Cl)c2c1.O=C(CCl)Nc1ccc(C(=O)O)cc1Cl. The van der Waals surface area contributed by atoms with Crippen molar-refractivity contribution in [2.45, 2.75) is 50.8 Å². The highest BCUT2D eigenvalue weighted by Gasteiger charge is 2.21. The van der Waals surface area contributed by atoms with Crippen LogP contribution in [0.3, 0.4) is 0 Å². The number of ketones is 2. The molecule has 0 unspecified atom stereocenters. The smallest absolute Gasteiger partial charge is 0.335 e. The van der Waals surface area contributed by atoms with E-state index in [1.165, 1.54) is 71.6 Å². The highest BCUT2D eigenvalue weighted by molar-refractivity contribution is 9.10. The average molecular weight is 1270 g/mol. The summed E-state index contributed by atoms with van der Waals surface area (Å²) in [7, 11) is 0. The van der Waals surface area contributed by atoms with Gasteiger partial charge in [0.25, 0.3) is 0 Å². The van der Waals surface area contributed by atoms with Gasteiger partial charge in [-0.1, -0.05) is 118 Å². The van der Waals surface area contributed by atoms with Gasteiger partial charge in [-0.3, -0.25) is 23.5 Å². The maximum absolute atomic E-state index is 12.6. The van der Waals surface area contributed by atoms with Crippen LogP contribution in [0.1, 0.15) is 64.5 Å². The number of anilines is 2. The molecule has 2 heterocycles. The van der Waals surface area contributed by atoms with Crippen LogP contribution in [0.2, 0.25) is 15.1 Å². The minimum absolute atomic E-state index is 0.0553. The second-order valence-corrected chi connectivity index (χ2v) is 22.2. The van der Waals surface area contributed by atoms with Gasteiger partial charge in [-0.05, 0) is 143 Å². The number of aromatic carboxylic acids is 3. The molecule has 1 amide bonds. The predicted octanol–water partition coefficient (Wildman–Crippen LogP) is 13.1. The molecule has 0 saturated carbocycles. The molecule has 9 aromatic rings. The number of carbonyl (C=O) groups excluding carboxylic acids is 3. The number of amides is 1. The zero-order valence-electron chi connectivity index (χ0n) is 43.3. The van der Waals surface area contributed by atoms with Gasteiger partial charge >= 0.3 is 17.9 Å². The molecule has 0 aliphatic rings. The number of nitrogen functional groups attached to an aromatic ring is 1. The van der Waals surface area contributed by atoms with E-state index in [-0.39, 0.29) is 79.5 Å². The third-order valence-electron chi connectivity index (χ3n) is 12.2. The van der Waals surface area contributed by atoms with Crippen LogP contribution in [0.15, 0.2) is 130 Å². The number of hydrogen-bond donors (Lipinski definition) is 5. The number of nitrogens with two attached hydrogens (primary N) is 1. The summed E-state index contributed by atoms with van der Waals surface area (Å²) in [6.07, 6.45) is 0.190. The van der Waals surface area contributed by atoms with E-state index >= 15 is 0 Å². The summed E-state index contributed by atoms with van der Waals surface area (Å²) < 4.78 is 4.21. The first-order valence-electron chi connectivity index (χ1n) is 24.1. The first-order valence-corrected chi connectivity index (χ1v) is 28.5. The molecular weight excluding hydrogens is 1230 g/mol. The van der Waals surface area contributed by atoms with Crippen LogP contribution in [0, 0.1) is 27.7 Å². The number of alkyl halides is 1. The predicted molar refractivity (Wildman–Crippen MR) is 322 cm³/mol. The number of halogens is 5. The Hall–Kier alpha value is -7.30. The number of fused-ring (bicyclic) bond motifs is 2. The van der Waals surface area contributed by atoms with Crippen LogP contribution in [0.4, 0.5) is 11.6 Å². The second-order valence-electron chi connectivity index (χ2n) is 18.1. The summed E-state index contributed by atoms with van der Waals surface area (Å²) in [6.45, 7) is 8.21. The quantitative estimate of drug-likeness (QED) is 0.0419. The number of Topliss-reactive ketones (excluding diaryl/α,β-unsaturated/α-hetero) is 2. The van der Waals surface area contributed by atoms with Gasteiger partial charge in [0.15, 0.2) is 10.3 Å². The molecule has 0 saturated heterocycles. The molecule has 416 valence electrons. The lowest BCUT2D eigenvalue weighted by Crippen LogP contribution is -2.13. The molecule has 81 heavy (non-hydrogen) atoms. The highest BCUT2D eigenvalue weighted by Crippen LogP contribution is 2.34. The first kappa shape index (κ1) is 61.3. The molecule has 0 fully saturated rings. The number of benzene rings is 7. The van der Waals surface area contributed by atoms with Gasteiger partial charge in [0.05, 0.1) is 50.3 Å². The molecule has 0 radical (unpaired) electrons. The Labute approximate surface area is 500 Å². The monoisotopic (exact) mass is 1270 g/mol. The summed E-state index contributed by atoms with van der Waals surface area (Å²) in [5, 5.41) is 52.0. The van der Waals surface area contributed by atoms with Crippen LogP contribution >= 0.6 is 85.9 Å². The van der Waals surface area contributed by atoms with Crippen LogP contribution in [-0.2, 0) is 27.2 Å². The molecule has 0 atom stereocenters. The Morgan fingerprint density at radius 3 is 1.42 bits per heavy atom. The summed E-state index contributed by atoms with van der Waals surface area (Å²) in [5.41, 5.74) is 14.3. The van der Waals surface area contributed by atoms with E-state index < -0.39 is 23.8 Å². The summed E-state index contributed by atoms with van der Waals surface area (Å²) >= 11 is 29.4. The Morgan fingerprint density at radius 2 is 0.975 bits per heavy atom. The van der Waals surface area contributed by atoms with Crippen molar-refractivity contribution >= 4 is 154 Å². The maximum Gasteiger partial charge on any atom is 0.335 e. The van der Waals surface area contributed by atoms with Crippen LogP contribution in [0.5, 0.6) is 0 Å². The number of aromatic nitrogens is 6. The summed E-state index contributed by atoms with van der Waals surface area (Å²) in [4.78, 5) is 68.9. The second kappa shape index (κ2) is 27.4. The van der Waals surface area contributed by atoms with Crippen molar-refractivity contribution in [1.82, 2.24) is 29.5 Å². The molecule has 24 heteroatoms. The highest BCUT2D eigenvalue weighted by atomic mass is 79.9. The number of hydrogen-bond acceptors (Lipinski definition) is 13. The number of rotatable bonds is 17. The number of aryl methyl sites for hydroxylation is 4.